The lowest BCUT2D eigenvalue weighted by atomic mass is 10.1. The summed E-state index contributed by atoms with van der Waals surface area (Å²) in [4.78, 5) is 17.7. The third kappa shape index (κ3) is 3.34. The molecule has 0 aliphatic carbocycles. The summed E-state index contributed by atoms with van der Waals surface area (Å²) in [6, 6.07) is 14.9. The quantitative estimate of drug-likeness (QED) is 0.510. The monoisotopic (exact) mass is 403 g/mol. The minimum absolute atomic E-state index is 0.194. The van der Waals surface area contributed by atoms with Crippen LogP contribution in [0.5, 0.6) is 0 Å². The van der Waals surface area contributed by atoms with Crippen molar-refractivity contribution >= 4 is 39.8 Å². The summed E-state index contributed by atoms with van der Waals surface area (Å²) in [7, 11) is 1.70. The highest BCUT2D eigenvalue weighted by molar-refractivity contribution is 6.30. The Kier molecular flexibility index (Phi) is 4.78. The molecule has 6 nitrogen and oxygen atoms in total. The first-order valence-corrected chi connectivity index (χ1v) is 9.26. The maximum Gasteiger partial charge on any atom is 0.250 e. The van der Waals surface area contributed by atoms with Gasteiger partial charge in [-0.2, -0.15) is 5.10 Å². The molecule has 0 saturated carbocycles. The first-order chi connectivity index (χ1) is 14.0. The van der Waals surface area contributed by atoms with Crippen molar-refractivity contribution in [1.82, 2.24) is 14.8 Å². The zero-order valence-corrected chi connectivity index (χ0v) is 16.5. The van der Waals surface area contributed by atoms with Crippen LogP contribution in [0.15, 0.2) is 73.6 Å². The fourth-order valence-electron chi connectivity index (χ4n) is 3.19. The molecule has 2 N–H and O–H groups in total. The first kappa shape index (κ1) is 18.7. The van der Waals surface area contributed by atoms with Crippen LogP contribution in [-0.2, 0) is 4.79 Å². The van der Waals surface area contributed by atoms with Crippen molar-refractivity contribution in [2.45, 2.75) is 0 Å². The fraction of sp³-hybridized carbons (Fsp3) is 0.0455. The number of aromatic nitrogens is 3. The van der Waals surface area contributed by atoms with Crippen LogP contribution in [0.3, 0.4) is 0 Å². The predicted octanol–water partition coefficient (Wildman–Crippen LogP) is 4.47. The lowest BCUT2D eigenvalue weighted by molar-refractivity contribution is -0.113. The molecule has 2 aromatic heterocycles. The number of amides is 1. The predicted molar refractivity (Wildman–Crippen MR) is 117 cm³/mol. The largest absolute Gasteiger partial charge is 0.397 e. The van der Waals surface area contributed by atoms with Crippen molar-refractivity contribution in [2.75, 3.05) is 17.7 Å². The van der Waals surface area contributed by atoms with Gasteiger partial charge in [-0.05, 0) is 36.4 Å². The molecule has 0 unspecified atom stereocenters. The molecule has 2 heterocycles. The molecule has 0 atom stereocenters. The van der Waals surface area contributed by atoms with Crippen molar-refractivity contribution in [3.63, 3.8) is 0 Å². The lowest BCUT2D eigenvalue weighted by Crippen LogP contribution is -2.23. The van der Waals surface area contributed by atoms with Crippen LogP contribution in [0.4, 0.5) is 11.4 Å². The van der Waals surface area contributed by atoms with Crippen molar-refractivity contribution in [2.24, 2.45) is 0 Å². The molecule has 0 spiro atoms. The second kappa shape index (κ2) is 7.41. The number of hydrogen-bond acceptors (Lipinski definition) is 4. The number of carbonyl (C=O) groups is 1. The van der Waals surface area contributed by atoms with Gasteiger partial charge in [0.1, 0.15) is 5.69 Å². The van der Waals surface area contributed by atoms with E-state index in [1.165, 1.54) is 11.0 Å². The summed E-state index contributed by atoms with van der Waals surface area (Å²) in [5.41, 5.74) is 10.7. The molecule has 7 heteroatoms. The summed E-state index contributed by atoms with van der Waals surface area (Å²) >= 11 is 6.03. The molecule has 1 amide bonds. The highest BCUT2D eigenvalue weighted by atomic mass is 35.5. The van der Waals surface area contributed by atoms with E-state index in [4.69, 9.17) is 22.4 Å². The molecule has 0 saturated heterocycles. The Morgan fingerprint density at radius 1 is 1.21 bits per heavy atom. The topological polar surface area (TPSA) is 77.0 Å². The van der Waals surface area contributed by atoms with Gasteiger partial charge in [-0.3, -0.25) is 9.78 Å². The van der Waals surface area contributed by atoms with Crippen molar-refractivity contribution in [3.8, 4) is 16.9 Å². The van der Waals surface area contributed by atoms with E-state index < -0.39 is 0 Å². The molecule has 0 aliphatic rings. The lowest BCUT2D eigenvalue weighted by Gasteiger charge is -2.16. The van der Waals surface area contributed by atoms with Crippen molar-refractivity contribution in [1.29, 1.82) is 0 Å². The summed E-state index contributed by atoms with van der Waals surface area (Å²) in [5, 5.41) is 6.27. The number of nitrogens with zero attached hydrogens (tertiary/aromatic N) is 4. The number of rotatable bonds is 4. The number of halogens is 1. The smallest absolute Gasteiger partial charge is 0.250 e. The third-order valence-electron chi connectivity index (χ3n) is 4.70. The first-order valence-electron chi connectivity index (χ1n) is 8.88. The molecule has 2 aromatic carbocycles. The zero-order chi connectivity index (χ0) is 20.5. The Morgan fingerprint density at radius 2 is 1.97 bits per heavy atom. The van der Waals surface area contributed by atoms with Gasteiger partial charge >= 0.3 is 0 Å². The molecule has 0 radical (unpaired) electrons. The number of benzene rings is 2. The van der Waals surface area contributed by atoms with Crippen LogP contribution in [0.25, 0.3) is 27.8 Å². The number of carbonyl (C=O) groups excluding carboxylic acids is 1. The Hall–Kier alpha value is -3.64. The van der Waals surface area contributed by atoms with Crippen LogP contribution in [0.1, 0.15) is 0 Å². The SMILES string of the molecule is C=CC(=O)N(C)c1cccc(-n2nc(-c3ccc(Cl)cc3)c3c(N)cncc32)c1. The Labute approximate surface area is 172 Å². The molecule has 4 aromatic rings. The van der Waals surface area contributed by atoms with Crippen LogP contribution >= 0.6 is 11.6 Å². The molecule has 0 bridgehead atoms. The molecule has 0 aliphatic heterocycles. The summed E-state index contributed by atoms with van der Waals surface area (Å²) in [5.74, 6) is -0.194. The van der Waals surface area contributed by atoms with E-state index >= 15 is 0 Å². The van der Waals surface area contributed by atoms with Gasteiger partial charge in [0, 0.05) is 23.3 Å². The maximum atomic E-state index is 12.0. The molecular weight excluding hydrogens is 386 g/mol. The van der Waals surface area contributed by atoms with Gasteiger partial charge in [-0.25, -0.2) is 4.68 Å². The molecular formula is C22H18ClN5O. The van der Waals surface area contributed by atoms with Crippen LogP contribution in [0, 0.1) is 0 Å². The molecule has 4 rings (SSSR count). The average molecular weight is 404 g/mol. The summed E-state index contributed by atoms with van der Waals surface area (Å²) in [6.07, 6.45) is 4.61. The van der Waals surface area contributed by atoms with Gasteiger partial charge in [0.05, 0.1) is 34.7 Å². The highest BCUT2D eigenvalue weighted by Gasteiger charge is 2.17. The molecule has 0 fully saturated rings. The second-order valence-electron chi connectivity index (χ2n) is 6.51. The van der Waals surface area contributed by atoms with Gasteiger partial charge in [-0.15, -0.1) is 0 Å². The van der Waals surface area contributed by atoms with E-state index in [0.29, 0.717) is 10.7 Å². The van der Waals surface area contributed by atoms with Gasteiger partial charge in [0.15, 0.2) is 0 Å². The Balaban J connectivity index is 1.92. The number of likely N-dealkylation sites (N-methyl/N-ethyl adjacent to an activating group) is 1. The fourth-order valence-corrected chi connectivity index (χ4v) is 3.32. The number of nitrogen functional groups attached to an aromatic ring is 1. The Bertz CT molecular complexity index is 1230. The van der Waals surface area contributed by atoms with E-state index in [1.807, 2.05) is 48.5 Å². The normalized spacial score (nSPS) is 10.8. The standard InChI is InChI=1S/C22H18ClN5O/c1-3-20(29)27(2)16-5-4-6-17(11-16)28-19-13-25-12-18(24)21(19)22(26-28)14-7-9-15(23)10-8-14/h3-13H,1,24H2,2H3. The van der Waals surface area contributed by atoms with E-state index in [2.05, 4.69) is 11.6 Å². The third-order valence-corrected chi connectivity index (χ3v) is 4.96. The number of fused-ring (bicyclic) bond motifs is 1. The number of anilines is 2. The van der Waals surface area contributed by atoms with E-state index in [-0.39, 0.29) is 5.91 Å². The maximum absolute atomic E-state index is 12.0. The van der Waals surface area contributed by atoms with E-state index in [0.717, 1.165) is 33.5 Å². The van der Waals surface area contributed by atoms with Gasteiger partial charge in [-0.1, -0.05) is 36.4 Å². The van der Waals surface area contributed by atoms with Gasteiger partial charge in [0.25, 0.3) is 0 Å². The number of nitrogens with two attached hydrogens (primary N) is 1. The van der Waals surface area contributed by atoms with Crippen LogP contribution in [0.2, 0.25) is 5.02 Å². The number of hydrogen-bond donors (Lipinski definition) is 1. The minimum Gasteiger partial charge on any atom is -0.397 e. The Morgan fingerprint density at radius 3 is 2.69 bits per heavy atom. The van der Waals surface area contributed by atoms with Crippen molar-refractivity contribution in [3.05, 3.63) is 78.6 Å². The zero-order valence-electron chi connectivity index (χ0n) is 15.7. The van der Waals surface area contributed by atoms with Crippen LogP contribution < -0.4 is 10.6 Å². The van der Waals surface area contributed by atoms with E-state index in [9.17, 15) is 4.79 Å². The average Bonchev–Trinajstić information content (AvgIpc) is 3.14. The highest BCUT2D eigenvalue weighted by Crippen LogP contribution is 2.34. The van der Waals surface area contributed by atoms with E-state index in [1.54, 1.807) is 24.1 Å². The molecule has 29 heavy (non-hydrogen) atoms. The minimum atomic E-state index is -0.194. The van der Waals surface area contributed by atoms with Gasteiger partial charge < -0.3 is 10.6 Å². The summed E-state index contributed by atoms with van der Waals surface area (Å²) in [6.45, 7) is 3.54. The second-order valence-corrected chi connectivity index (χ2v) is 6.95. The van der Waals surface area contributed by atoms with Crippen molar-refractivity contribution < 1.29 is 4.79 Å². The van der Waals surface area contributed by atoms with Crippen LogP contribution in [-0.4, -0.2) is 27.7 Å². The number of pyridine rings is 1. The summed E-state index contributed by atoms with van der Waals surface area (Å²) < 4.78 is 1.78. The molecule has 144 valence electrons. The van der Waals surface area contributed by atoms with Gasteiger partial charge in [0.2, 0.25) is 5.91 Å².